The van der Waals surface area contributed by atoms with Crippen molar-refractivity contribution in [3.05, 3.63) is 35.7 Å². The van der Waals surface area contributed by atoms with E-state index in [-0.39, 0.29) is 37.5 Å². The van der Waals surface area contributed by atoms with Crippen LogP contribution in [0.2, 0.25) is 0 Å². The monoisotopic (exact) mass is 363 g/mol. The van der Waals surface area contributed by atoms with E-state index in [0.717, 1.165) is 37.4 Å². The van der Waals surface area contributed by atoms with Crippen molar-refractivity contribution in [1.29, 1.82) is 0 Å². The smallest absolute Gasteiger partial charge is 0.248 e. The first-order valence-corrected chi connectivity index (χ1v) is 9.44. The van der Waals surface area contributed by atoms with Gasteiger partial charge in [-0.15, -0.1) is 0 Å². The van der Waals surface area contributed by atoms with Gasteiger partial charge in [0.1, 0.15) is 0 Å². The summed E-state index contributed by atoms with van der Waals surface area (Å²) in [6.07, 6.45) is 3.39. The molecular weight excluding hydrogens is 336 g/mol. The Bertz CT molecular complexity index is 665. The molecule has 1 aromatic rings. The van der Waals surface area contributed by atoms with E-state index in [9.17, 15) is 13.6 Å². The molecule has 0 saturated heterocycles. The molecule has 1 fully saturated rings. The lowest BCUT2D eigenvalue weighted by Crippen LogP contribution is -2.40. The van der Waals surface area contributed by atoms with E-state index in [1.807, 2.05) is 25.1 Å². The Morgan fingerprint density at radius 3 is 2.77 bits per heavy atom. The van der Waals surface area contributed by atoms with Crippen LogP contribution in [0.4, 0.5) is 8.78 Å². The summed E-state index contributed by atoms with van der Waals surface area (Å²) in [7, 11) is 0. The average molecular weight is 363 g/mol. The molecule has 1 amide bonds. The van der Waals surface area contributed by atoms with Crippen LogP contribution in [0, 0.1) is 12.8 Å². The molecule has 0 atom stereocenters. The normalized spacial score (nSPS) is 21.3. The van der Waals surface area contributed by atoms with Crippen molar-refractivity contribution < 1.29 is 13.6 Å². The third kappa shape index (κ3) is 5.10. The molecule has 142 valence electrons. The van der Waals surface area contributed by atoms with E-state index in [1.54, 1.807) is 0 Å². The maximum absolute atomic E-state index is 13.2. The van der Waals surface area contributed by atoms with Gasteiger partial charge in [-0.25, -0.2) is 8.78 Å². The first-order valence-electron chi connectivity index (χ1n) is 9.44. The summed E-state index contributed by atoms with van der Waals surface area (Å²) >= 11 is 0. The number of carbonyl (C=O) groups excluding carboxylic acids is 1. The highest BCUT2D eigenvalue weighted by Gasteiger charge is 2.37. The van der Waals surface area contributed by atoms with E-state index in [4.69, 9.17) is 0 Å². The Hall–Kier alpha value is -1.82. The highest BCUT2D eigenvalue weighted by atomic mass is 19.3. The van der Waals surface area contributed by atoms with Crippen LogP contribution in [0.3, 0.4) is 0 Å². The van der Waals surface area contributed by atoms with Crippen LogP contribution in [-0.4, -0.2) is 47.9 Å². The third-order valence-electron chi connectivity index (χ3n) is 5.33. The van der Waals surface area contributed by atoms with Crippen LogP contribution in [-0.2, 0) is 4.79 Å². The van der Waals surface area contributed by atoms with Crippen LogP contribution in [0.25, 0.3) is 5.57 Å². The Morgan fingerprint density at radius 1 is 1.35 bits per heavy atom. The van der Waals surface area contributed by atoms with Crippen molar-refractivity contribution in [2.45, 2.75) is 45.0 Å². The van der Waals surface area contributed by atoms with Crippen LogP contribution < -0.4 is 5.32 Å². The highest BCUT2D eigenvalue weighted by Crippen LogP contribution is 2.36. The van der Waals surface area contributed by atoms with Gasteiger partial charge in [0.25, 0.3) is 0 Å². The number of alkyl halides is 2. The number of rotatable bonds is 5. The van der Waals surface area contributed by atoms with Gasteiger partial charge in [0.05, 0.1) is 5.69 Å². The van der Waals surface area contributed by atoms with E-state index in [0.29, 0.717) is 6.54 Å². The summed E-state index contributed by atoms with van der Waals surface area (Å²) in [5.41, 5.74) is 3.35. The second-order valence-electron chi connectivity index (χ2n) is 7.37. The van der Waals surface area contributed by atoms with Gasteiger partial charge < -0.3 is 5.32 Å². The largest absolute Gasteiger partial charge is 0.355 e. The van der Waals surface area contributed by atoms with Gasteiger partial charge in [-0.2, -0.15) is 0 Å². The number of hydrogen-bond acceptors (Lipinski definition) is 3. The first kappa shape index (κ1) is 19.0. The number of aryl methyl sites for hydroxylation is 1. The lowest BCUT2D eigenvalue weighted by atomic mass is 9.86. The number of aromatic nitrogens is 1. The standard InChI is InChI=1S/C20H27F2N3O/c1-15-3-2-4-18(24-15)16-7-12-25(13-8-16)14-11-23-19(26)17-5-9-20(21,22)10-6-17/h2-4,7,17H,5-6,8-14H2,1H3,(H,23,26). The number of nitrogens with one attached hydrogen (secondary N) is 1. The summed E-state index contributed by atoms with van der Waals surface area (Å²) in [5.74, 6) is -2.91. The SMILES string of the molecule is Cc1cccc(C2=CCN(CCNC(=O)C3CCC(F)(F)CC3)CC2)n1. The Balaban J connectivity index is 1.39. The van der Waals surface area contributed by atoms with Crippen molar-refractivity contribution in [3.8, 4) is 0 Å². The minimum Gasteiger partial charge on any atom is -0.355 e. The summed E-state index contributed by atoms with van der Waals surface area (Å²) in [5, 5.41) is 2.92. The van der Waals surface area contributed by atoms with Gasteiger partial charge in [0.15, 0.2) is 0 Å². The van der Waals surface area contributed by atoms with Gasteiger partial charge in [0.2, 0.25) is 11.8 Å². The number of amides is 1. The van der Waals surface area contributed by atoms with Crippen LogP contribution >= 0.6 is 0 Å². The van der Waals surface area contributed by atoms with Gasteiger partial charge in [-0.1, -0.05) is 12.1 Å². The van der Waals surface area contributed by atoms with E-state index in [2.05, 4.69) is 21.3 Å². The predicted molar refractivity (Wildman–Crippen MR) is 97.9 cm³/mol. The Labute approximate surface area is 153 Å². The molecular formula is C20H27F2N3O. The molecule has 6 heteroatoms. The number of carbonyl (C=O) groups is 1. The lowest BCUT2D eigenvalue weighted by molar-refractivity contribution is -0.129. The van der Waals surface area contributed by atoms with Crippen molar-refractivity contribution in [3.63, 3.8) is 0 Å². The Kier molecular flexibility index (Phi) is 6.01. The average Bonchev–Trinajstić information content (AvgIpc) is 2.62. The van der Waals surface area contributed by atoms with Gasteiger partial charge in [0, 0.05) is 50.6 Å². The summed E-state index contributed by atoms with van der Waals surface area (Å²) in [6, 6.07) is 6.07. The van der Waals surface area contributed by atoms with E-state index in [1.165, 1.54) is 5.57 Å². The van der Waals surface area contributed by atoms with E-state index < -0.39 is 5.92 Å². The molecule has 0 bridgehead atoms. The molecule has 3 rings (SSSR count). The van der Waals surface area contributed by atoms with Gasteiger partial charge >= 0.3 is 0 Å². The summed E-state index contributed by atoms with van der Waals surface area (Å²) in [6.45, 7) is 5.12. The number of halogens is 2. The molecule has 1 aliphatic carbocycles. The van der Waals surface area contributed by atoms with Crippen molar-refractivity contribution in [1.82, 2.24) is 15.2 Å². The molecule has 0 radical (unpaired) electrons. The second kappa shape index (κ2) is 8.25. The second-order valence-corrected chi connectivity index (χ2v) is 7.37. The molecule has 2 heterocycles. The lowest BCUT2D eigenvalue weighted by Gasteiger charge is -2.28. The summed E-state index contributed by atoms with van der Waals surface area (Å²) in [4.78, 5) is 19.0. The summed E-state index contributed by atoms with van der Waals surface area (Å²) < 4.78 is 26.3. The molecule has 4 nitrogen and oxygen atoms in total. The van der Waals surface area contributed by atoms with Crippen LogP contribution in [0.1, 0.15) is 43.5 Å². The van der Waals surface area contributed by atoms with Gasteiger partial charge in [-0.05, 0) is 43.9 Å². The maximum Gasteiger partial charge on any atom is 0.248 e. The van der Waals surface area contributed by atoms with Crippen molar-refractivity contribution >= 4 is 11.5 Å². The van der Waals surface area contributed by atoms with Crippen LogP contribution in [0.5, 0.6) is 0 Å². The molecule has 2 aliphatic rings. The highest BCUT2D eigenvalue weighted by molar-refractivity contribution is 5.78. The van der Waals surface area contributed by atoms with Crippen LogP contribution in [0.15, 0.2) is 24.3 Å². The zero-order chi connectivity index (χ0) is 18.6. The molecule has 1 aromatic heterocycles. The molecule has 0 spiro atoms. The zero-order valence-corrected chi connectivity index (χ0v) is 15.3. The minimum absolute atomic E-state index is 0.0716. The topological polar surface area (TPSA) is 45.2 Å². The fourth-order valence-electron chi connectivity index (χ4n) is 3.65. The molecule has 0 aromatic carbocycles. The van der Waals surface area contributed by atoms with Crippen molar-refractivity contribution in [2.24, 2.45) is 5.92 Å². The number of nitrogens with zero attached hydrogens (tertiary/aromatic N) is 2. The number of hydrogen-bond donors (Lipinski definition) is 1. The minimum atomic E-state index is -2.58. The van der Waals surface area contributed by atoms with Gasteiger partial charge in [-0.3, -0.25) is 14.7 Å². The van der Waals surface area contributed by atoms with E-state index >= 15 is 0 Å². The molecule has 26 heavy (non-hydrogen) atoms. The number of pyridine rings is 1. The first-order chi connectivity index (χ1) is 12.4. The molecule has 1 aliphatic heterocycles. The fraction of sp³-hybridized carbons (Fsp3) is 0.600. The molecule has 0 unspecified atom stereocenters. The fourth-order valence-corrected chi connectivity index (χ4v) is 3.65. The Morgan fingerprint density at radius 2 is 2.12 bits per heavy atom. The zero-order valence-electron chi connectivity index (χ0n) is 15.3. The van der Waals surface area contributed by atoms with Crippen molar-refractivity contribution in [2.75, 3.05) is 26.2 Å². The molecule has 1 saturated carbocycles. The molecule has 1 N–H and O–H groups in total. The maximum atomic E-state index is 13.2. The quantitative estimate of drug-likeness (QED) is 0.872. The predicted octanol–water partition coefficient (Wildman–Crippen LogP) is 3.42. The third-order valence-corrected chi connectivity index (χ3v) is 5.33.